The number of nitrogens with one attached hydrogen (secondary N) is 3. The number of hydrogen-bond donors (Lipinski definition) is 4. The van der Waals surface area contributed by atoms with Crippen molar-refractivity contribution in [2.45, 2.75) is 19.8 Å². The summed E-state index contributed by atoms with van der Waals surface area (Å²) in [5, 5.41) is 15.9. The summed E-state index contributed by atoms with van der Waals surface area (Å²) in [5.41, 5.74) is 0.616. The van der Waals surface area contributed by atoms with E-state index in [0.29, 0.717) is 40.8 Å². The van der Waals surface area contributed by atoms with Crippen LogP contribution in [-0.2, 0) is 0 Å². The third-order valence-electron chi connectivity index (χ3n) is 5.63. The van der Waals surface area contributed by atoms with Gasteiger partial charge in [-0.05, 0) is 49.8 Å². The van der Waals surface area contributed by atoms with E-state index in [-0.39, 0.29) is 23.6 Å². The molecular weight excluding hydrogens is 332 g/mol. The molecule has 1 aromatic carbocycles. The molecule has 136 valence electrons. The van der Waals surface area contributed by atoms with Gasteiger partial charge in [-0.2, -0.15) is 0 Å². The number of aromatic amines is 1. The lowest BCUT2D eigenvalue weighted by molar-refractivity contribution is 0.0988. The van der Waals surface area contributed by atoms with Gasteiger partial charge in [0.1, 0.15) is 5.82 Å². The third kappa shape index (κ3) is 2.88. The Balaban J connectivity index is 1.44. The van der Waals surface area contributed by atoms with Gasteiger partial charge in [-0.3, -0.25) is 4.79 Å². The molecule has 0 radical (unpaired) electrons. The fourth-order valence-electron chi connectivity index (χ4n) is 4.26. The summed E-state index contributed by atoms with van der Waals surface area (Å²) < 4.78 is 0. The second-order valence-corrected chi connectivity index (χ2v) is 7.40. The zero-order valence-corrected chi connectivity index (χ0v) is 14.6. The molecule has 1 fully saturated rings. The first kappa shape index (κ1) is 16.8. The predicted octanol–water partition coefficient (Wildman–Crippen LogP) is 1.93. The number of anilines is 1. The number of fused-ring (bicyclic) bond motifs is 3. The summed E-state index contributed by atoms with van der Waals surface area (Å²) in [6.07, 6.45) is 6.33. The molecule has 2 aliphatic rings. The molecule has 1 aromatic heterocycles. The van der Waals surface area contributed by atoms with Crippen LogP contribution in [0.1, 0.15) is 18.7 Å². The molecule has 0 aliphatic heterocycles. The average molecular weight is 354 g/mol. The second kappa shape index (κ2) is 6.25. The first-order valence-electron chi connectivity index (χ1n) is 8.84. The standard InChI is InChI=1S/C19H22N4O3/c1-11-21-16-5-4-14(7-15(16)17(25)22-11)23-18(26)20-9-19(10-24)8-12-2-3-13(19)6-12/h2-5,7,12-13,24H,6,8-10H2,1H3,(H2,20,23,26)(H,21,22,25). The molecule has 26 heavy (non-hydrogen) atoms. The molecule has 2 amide bonds. The Hall–Kier alpha value is -2.67. The Morgan fingerprint density at radius 1 is 1.42 bits per heavy atom. The number of urea groups is 1. The number of aliphatic hydroxyl groups is 1. The lowest BCUT2D eigenvalue weighted by Crippen LogP contribution is -2.44. The van der Waals surface area contributed by atoms with Crippen LogP contribution in [0.25, 0.3) is 10.9 Å². The zero-order chi connectivity index (χ0) is 18.3. The number of rotatable bonds is 4. The number of carbonyl (C=O) groups is 1. The van der Waals surface area contributed by atoms with Crippen LogP contribution < -0.4 is 16.2 Å². The van der Waals surface area contributed by atoms with Crippen molar-refractivity contribution < 1.29 is 9.90 Å². The first-order chi connectivity index (χ1) is 12.5. The Bertz CT molecular complexity index is 951. The molecule has 1 heterocycles. The zero-order valence-electron chi connectivity index (χ0n) is 14.6. The lowest BCUT2D eigenvalue weighted by atomic mass is 9.76. The predicted molar refractivity (Wildman–Crippen MR) is 99.0 cm³/mol. The maximum absolute atomic E-state index is 12.3. The van der Waals surface area contributed by atoms with Crippen LogP contribution in [0.4, 0.5) is 10.5 Å². The number of H-pyrrole nitrogens is 1. The number of nitrogens with zero attached hydrogens (tertiary/aromatic N) is 1. The minimum absolute atomic E-state index is 0.0646. The van der Waals surface area contributed by atoms with Crippen molar-refractivity contribution in [2.75, 3.05) is 18.5 Å². The van der Waals surface area contributed by atoms with Crippen LogP contribution in [0.2, 0.25) is 0 Å². The quantitative estimate of drug-likeness (QED) is 0.629. The molecule has 4 N–H and O–H groups in total. The van der Waals surface area contributed by atoms with E-state index < -0.39 is 0 Å². The number of aliphatic hydroxyl groups excluding tert-OH is 1. The molecule has 1 saturated carbocycles. The van der Waals surface area contributed by atoms with Crippen molar-refractivity contribution in [1.29, 1.82) is 0 Å². The van der Waals surface area contributed by atoms with Crippen molar-refractivity contribution in [1.82, 2.24) is 15.3 Å². The third-order valence-corrected chi connectivity index (χ3v) is 5.63. The van der Waals surface area contributed by atoms with Gasteiger partial charge in [0.15, 0.2) is 0 Å². The molecule has 4 rings (SSSR count). The largest absolute Gasteiger partial charge is 0.396 e. The Labute approximate surface area is 150 Å². The summed E-state index contributed by atoms with van der Waals surface area (Å²) in [7, 11) is 0. The number of benzene rings is 1. The normalized spacial score (nSPS) is 26.4. The summed E-state index contributed by atoms with van der Waals surface area (Å²) in [6, 6.07) is 4.70. The summed E-state index contributed by atoms with van der Waals surface area (Å²) in [5.74, 6) is 1.39. The van der Waals surface area contributed by atoms with E-state index in [2.05, 4.69) is 32.8 Å². The Morgan fingerprint density at radius 3 is 2.96 bits per heavy atom. The first-order valence-corrected chi connectivity index (χ1v) is 8.84. The molecule has 0 saturated heterocycles. The molecule has 0 spiro atoms. The molecule has 2 aromatic rings. The van der Waals surface area contributed by atoms with Gasteiger partial charge in [0.2, 0.25) is 0 Å². The lowest BCUT2D eigenvalue weighted by Gasteiger charge is -2.33. The summed E-state index contributed by atoms with van der Waals surface area (Å²) in [6.45, 7) is 2.22. The van der Waals surface area contributed by atoms with Gasteiger partial charge < -0.3 is 20.7 Å². The highest BCUT2D eigenvalue weighted by Crippen LogP contribution is 2.51. The topological polar surface area (TPSA) is 107 Å². The average Bonchev–Trinajstić information content (AvgIpc) is 3.22. The van der Waals surface area contributed by atoms with Gasteiger partial charge in [0, 0.05) is 17.6 Å². The summed E-state index contributed by atoms with van der Waals surface area (Å²) in [4.78, 5) is 31.2. The number of aryl methyl sites for hydroxylation is 1. The number of aromatic nitrogens is 2. The number of amides is 2. The maximum Gasteiger partial charge on any atom is 0.319 e. The molecule has 3 atom stereocenters. The van der Waals surface area contributed by atoms with E-state index in [0.717, 1.165) is 12.8 Å². The van der Waals surface area contributed by atoms with E-state index in [1.807, 2.05) is 0 Å². The van der Waals surface area contributed by atoms with Gasteiger partial charge >= 0.3 is 6.03 Å². The van der Waals surface area contributed by atoms with Crippen LogP contribution in [-0.4, -0.2) is 34.3 Å². The smallest absolute Gasteiger partial charge is 0.319 e. The molecule has 2 bridgehead atoms. The van der Waals surface area contributed by atoms with Crippen molar-refractivity contribution >= 4 is 22.6 Å². The number of allylic oxidation sites excluding steroid dienone is 2. The van der Waals surface area contributed by atoms with E-state index in [9.17, 15) is 14.7 Å². The van der Waals surface area contributed by atoms with Gasteiger partial charge in [-0.15, -0.1) is 0 Å². The molecule has 7 nitrogen and oxygen atoms in total. The maximum atomic E-state index is 12.3. The van der Waals surface area contributed by atoms with E-state index >= 15 is 0 Å². The molecule has 7 heteroatoms. The van der Waals surface area contributed by atoms with Crippen molar-refractivity contribution in [2.24, 2.45) is 17.3 Å². The van der Waals surface area contributed by atoms with Crippen LogP contribution in [0.3, 0.4) is 0 Å². The van der Waals surface area contributed by atoms with Crippen LogP contribution in [0, 0.1) is 24.2 Å². The van der Waals surface area contributed by atoms with Crippen molar-refractivity contribution in [3.05, 3.63) is 46.5 Å². The highest BCUT2D eigenvalue weighted by atomic mass is 16.3. The monoisotopic (exact) mass is 354 g/mol. The van der Waals surface area contributed by atoms with E-state index in [1.165, 1.54) is 0 Å². The fraction of sp³-hybridized carbons (Fsp3) is 0.421. The second-order valence-electron chi connectivity index (χ2n) is 7.40. The van der Waals surface area contributed by atoms with Crippen LogP contribution >= 0.6 is 0 Å². The highest BCUT2D eigenvalue weighted by Gasteiger charge is 2.47. The summed E-state index contributed by atoms with van der Waals surface area (Å²) >= 11 is 0. The number of hydrogen-bond acceptors (Lipinski definition) is 4. The van der Waals surface area contributed by atoms with E-state index in [4.69, 9.17) is 0 Å². The van der Waals surface area contributed by atoms with Gasteiger partial charge in [0.25, 0.3) is 5.56 Å². The fourth-order valence-corrected chi connectivity index (χ4v) is 4.26. The molecule has 2 aliphatic carbocycles. The van der Waals surface area contributed by atoms with Crippen LogP contribution in [0.5, 0.6) is 0 Å². The van der Waals surface area contributed by atoms with Gasteiger partial charge in [0.05, 0.1) is 17.5 Å². The van der Waals surface area contributed by atoms with Gasteiger partial charge in [-0.1, -0.05) is 12.2 Å². The Morgan fingerprint density at radius 2 is 2.27 bits per heavy atom. The van der Waals surface area contributed by atoms with Crippen molar-refractivity contribution in [3.63, 3.8) is 0 Å². The minimum atomic E-state index is -0.347. The van der Waals surface area contributed by atoms with Gasteiger partial charge in [-0.25, -0.2) is 9.78 Å². The number of carbonyl (C=O) groups excluding carboxylic acids is 1. The minimum Gasteiger partial charge on any atom is -0.396 e. The van der Waals surface area contributed by atoms with Crippen molar-refractivity contribution in [3.8, 4) is 0 Å². The SMILES string of the molecule is Cc1nc2ccc(NC(=O)NCC3(CO)CC4C=CC3C4)cc2c(=O)[nH]1. The highest BCUT2D eigenvalue weighted by molar-refractivity contribution is 5.92. The molecule has 3 unspecified atom stereocenters. The Kier molecular flexibility index (Phi) is 4.03. The van der Waals surface area contributed by atoms with E-state index in [1.54, 1.807) is 25.1 Å². The molecular formula is C19H22N4O3. The van der Waals surface area contributed by atoms with Crippen LogP contribution in [0.15, 0.2) is 35.1 Å².